The molecule has 0 radical (unpaired) electrons. The van der Waals surface area contributed by atoms with E-state index in [0.717, 1.165) is 0 Å². The van der Waals surface area contributed by atoms with Crippen LogP contribution in [0, 0.1) is 5.82 Å². The minimum Gasteiger partial charge on any atom is -0.444 e. The number of likely N-dealkylation sites (tertiary alicyclic amines) is 1. The Balaban J connectivity index is 2.23. The summed E-state index contributed by atoms with van der Waals surface area (Å²) in [5.74, 6) is -0.375. The largest absolute Gasteiger partial charge is 0.444 e. The number of benzene rings is 1. The van der Waals surface area contributed by atoms with E-state index in [4.69, 9.17) is 4.74 Å². The average Bonchev–Trinajstić information content (AvgIpc) is 2.69. The van der Waals surface area contributed by atoms with Gasteiger partial charge in [-0.3, -0.25) is 4.90 Å². The minimum absolute atomic E-state index is 0.161. The van der Waals surface area contributed by atoms with Gasteiger partial charge in [-0.25, -0.2) is 9.18 Å². The van der Waals surface area contributed by atoms with Crippen molar-refractivity contribution in [2.75, 3.05) is 6.54 Å². The first kappa shape index (κ1) is 14.8. The molecular weight excluding hydrogens is 261 g/mol. The summed E-state index contributed by atoms with van der Waals surface area (Å²) >= 11 is 0. The molecule has 1 heterocycles. The lowest BCUT2D eigenvalue weighted by atomic mass is 10.0. The van der Waals surface area contributed by atoms with Crippen molar-refractivity contribution in [3.8, 4) is 0 Å². The molecule has 0 aromatic heterocycles. The zero-order valence-electron chi connectivity index (χ0n) is 12.0. The van der Waals surface area contributed by atoms with Crippen LogP contribution < -0.4 is 0 Å². The Morgan fingerprint density at radius 1 is 1.40 bits per heavy atom. The Morgan fingerprint density at radius 3 is 2.65 bits per heavy atom. The Kier molecular flexibility index (Phi) is 3.99. The van der Waals surface area contributed by atoms with Crippen molar-refractivity contribution in [1.29, 1.82) is 0 Å². The van der Waals surface area contributed by atoms with Crippen LogP contribution in [0.5, 0.6) is 0 Å². The number of rotatable bonds is 1. The molecule has 1 amide bonds. The van der Waals surface area contributed by atoms with Crippen LogP contribution in [-0.2, 0) is 4.74 Å². The minimum atomic E-state index is -0.660. The number of β-amino-alcohol motifs (C(OH)–C–C–N with tert-alkyl or cyclic N) is 1. The van der Waals surface area contributed by atoms with Crippen molar-refractivity contribution in [3.63, 3.8) is 0 Å². The third-order valence-corrected chi connectivity index (χ3v) is 3.17. The molecule has 2 rings (SSSR count). The lowest BCUT2D eigenvalue weighted by Gasteiger charge is -2.28. The molecule has 1 fully saturated rings. The fraction of sp³-hybridized carbons (Fsp3) is 0.533. The number of ether oxygens (including phenoxy) is 1. The summed E-state index contributed by atoms with van der Waals surface area (Å²) in [6.07, 6.45) is -0.866. The highest BCUT2D eigenvalue weighted by Gasteiger charge is 2.38. The molecule has 1 saturated heterocycles. The van der Waals surface area contributed by atoms with Crippen molar-refractivity contribution in [2.45, 2.75) is 44.9 Å². The normalized spacial score (nSPS) is 22.9. The summed E-state index contributed by atoms with van der Waals surface area (Å²) in [5, 5.41) is 9.80. The summed E-state index contributed by atoms with van der Waals surface area (Å²) in [6.45, 7) is 5.48. The number of amides is 1. The maximum absolute atomic E-state index is 13.9. The number of carbonyl (C=O) groups excluding carboxylic acids is 1. The van der Waals surface area contributed by atoms with Crippen molar-refractivity contribution in [3.05, 3.63) is 35.6 Å². The standard InChI is InChI=1S/C15H20FNO3/c1-15(2,3)20-14(19)17-9-10(18)8-13(17)11-6-4-5-7-12(11)16/h4-7,10,13,18H,8-9H2,1-3H3/t10-,13-/m1/s1. The van der Waals surface area contributed by atoms with Gasteiger partial charge in [0.05, 0.1) is 18.7 Å². The number of aliphatic hydroxyl groups is 1. The monoisotopic (exact) mass is 281 g/mol. The summed E-state index contributed by atoms with van der Waals surface area (Å²) in [6, 6.07) is 5.82. The number of hydrogen-bond acceptors (Lipinski definition) is 3. The smallest absolute Gasteiger partial charge is 0.410 e. The van der Waals surface area contributed by atoms with E-state index in [0.29, 0.717) is 12.0 Å². The van der Waals surface area contributed by atoms with Crippen molar-refractivity contribution >= 4 is 6.09 Å². The molecule has 0 unspecified atom stereocenters. The summed E-state index contributed by atoms with van der Waals surface area (Å²) in [7, 11) is 0. The van der Waals surface area contributed by atoms with E-state index >= 15 is 0 Å². The molecule has 1 aromatic rings. The Labute approximate surface area is 118 Å². The molecule has 0 spiro atoms. The van der Waals surface area contributed by atoms with Crippen molar-refractivity contribution in [2.24, 2.45) is 0 Å². The van der Waals surface area contributed by atoms with Crippen LogP contribution in [0.3, 0.4) is 0 Å². The van der Waals surface area contributed by atoms with E-state index in [9.17, 15) is 14.3 Å². The second kappa shape index (κ2) is 5.40. The van der Waals surface area contributed by atoms with Crippen LogP contribution >= 0.6 is 0 Å². The molecule has 0 bridgehead atoms. The topological polar surface area (TPSA) is 49.8 Å². The number of nitrogens with zero attached hydrogens (tertiary/aromatic N) is 1. The van der Waals surface area contributed by atoms with E-state index in [1.807, 2.05) is 0 Å². The Hall–Kier alpha value is -1.62. The third kappa shape index (κ3) is 3.28. The van der Waals surface area contributed by atoms with Gasteiger partial charge in [-0.05, 0) is 33.3 Å². The van der Waals surface area contributed by atoms with Crippen molar-refractivity contribution < 1.29 is 19.0 Å². The summed E-state index contributed by atoms with van der Waals surface area (Å²) < 4.78 is 19.2. The van der Waals surface area contributed by atoms with Gasteiger partial charge in [0, 0.05) is 5.56 Å². The summed E-state index contributed by atoms with van der Waals surface area (Å²) in [5.41, 5.74) is -0.209. The number of carbonyl (C=O) groups is 1. The van der Waals surface area contributed by atoms with E-state index < -0.39 is 23.8 Å². The second-order valence-electron chi connectivity index (χ2n) is 6.06. The van der Waals surface area contributed by atoms with E-state index in [1.54, 1.807) is 39.0 Å². The van der Waals surface area contributed by atoms with Crippen LogP contribution in [0.25, 0.3) is 0 Å². The van der Waals surface area contributed by atoms with Gasteiger partial charge in [-0.15, -0.1) is 0 Å². The second-order valence-corrected chi connectivity index (χ2v) is 6.06. The zero-order chi connectivity index (χ0) is 14.9. The molecule has 110 valence electrons. The van der Waals surface area contributed by atoms with Gasteiger partial charge >= 0.3 is 6.09 Å². The molecule has 0 saturated carbocycles. The van der Waals surface area contributed by atoms with Crippen LogP contribution in [0.2, 0.25) is 0 Å². The molecule has 2 atom stereocenters. The van der Waals surface area contributed by atoms with Crippen LogP contribution in [0.1, 0.15) is 38.8 Å². The fourth-order valence-corrected chi connectivity index (χ4v) is 2.38. The number of halogens is 1. The molecule has 1 aromatic carbocycles. The number of hydrogen-bond donors (Lipinski definition) is 1. The predicted molar refractivity (Wildman–Crippen MR) is 72.7 cm³/mol. The van der Waals surface area contributed by atoms with Crippen LogP contribution in [-0.4, -0.2) is 34.3 Å². The molecule has 1 aliphatic rings. The quantitative estimate of drug-likeness (QED) is 0.861. The maximum atomic E-state index is 13.9. The highest BCUT2D eigenvalue weighted by molar-refractivity contribution is 5.69. The fourth-order valence-electron chi connectivity index (χ4n) is 2.38. The van der Waals surface area contributed by atoms with Gasteiger partial charge in [0.15, 0.2) is 0 Å². The van der Waals surface area contributed by atoms with Gasteiger partial charge in [-0.1, -0.05) is 18.2 Å². The third-order valence-electron chi connectivity index (χ3n) is 3.17. The van der Waals surface area contributed by atoms with Gasteiger partial charge < -0.3 is 9.84 Å². The Morgan fingerprint density at radius 2 is 2.05 bits per heavy atom. The zero-order valence-corrected chi connectivity index (χ0v) is 12.0. The van der Waals surface area contributed by atoms with Gasteiger partial charge in [0.2, 0.25) is 0 Å². The van der Waals surface area contributed by atoms with E-state index in [2.05, 4.69) is 0 Å². The van der Waals surface area contributed by atoms with Crippen LogP contribution in [0.4, 0.5) is 9.18 Å². The van der Waals surface area contributed by atoms with Gasteiger partial charge in [-0.2, -0.15) is 0 Å². The van der Waals surface area contributed by atoms with E-state index in [-0.39, 0.29) is 12.4 Å². The first-order valence-corrected chi connectivity index (χ1v) is 6.70. The first-order chi connectivity index (χ1) is 9.28. The molecule has 0 aliphatic carbocycles. The van der Waals surface area contributed by atoms with E-state index in [1.165, 1.54) is 11.0 Å². The predicted octanol–water partition coefficient (Wildman–Crippen LogP) is 2.87. The van der Waals surface area contributed by atoms with Gasteiger partial charge in [0.25, 0.3) is 0 Å². The molecule has 20 heavy (non-hydrogen) atoms. The molecular formula is C15H20FNO3. The molecule has 5 heteroatoms. The summed E-state index contributed by atoms with van der Waals surface area (Å²) in [4.78, 5) is 13.6. The van der Waals surface area contributed by atoms with Crippen molar-refractivity contribution in [1.82, 2.24) is 4.90 Å². The molecule has 1 N–H and O–H groups in total. The van der Waals surface area contributed by atoms with Crippen LogP contribution in [0.15, 0.2) is 24.3 Å². The Bertz CT molecular complexity index is 498. The number of aliphatic hydroxyl groups excluding tert-OH is 1. The highest BCUT2D eigenvalue weighted by Crippen LogP contribution is 2.34. The highest BCUT2D eigenvalue weighted by atomic mass is 19.1. The maximum Gasteiger partial charge on any atom is 0.410 e. The molecule has 4 nitrogen and oxygen atoms in total. The van der Waals surface area contributed by atoms with Gasteiger partial charge in [0.1, 0.15) is 11.4 Å². The lowest BCUT2D eigenvalue weighted by molar-refractivity contribution is 0.0204. The molecule has 1 aliphatic heterocycles. The first-order valence-electron chi connectivity index (χ1n) is 6.70. The SMILES string of the molecule is CC(C)(C)OC(=O)N1C[C@H](O)C[C@@H]1c1ccccc1F. The average molecular weight is 281 g/mol. The lowest BCUT2D eigenvalue weighted by Crippen LogP contribution is -2.37.